The summed E-state index contributed by atoms with van der Waals surface area (Å²) in [7, 11) is 0. The van der Waals surface area contributed by atoms with Gasteiger partial charge >= 0.3 is 6.18 Å². The van der Waals surface area contributed by atoms with E-state index in [0.29, 0.717) is 24.9 Å². The van der Waals surface area contributed by atoms with Gasteiger partial charge in [0.2, 0.25) is 5.91 Å². The zero-order valence-electron chi connectivity index (χ0n) is 12.3. The summed E-state index contributed by atoms with van der Waals surface area (Å²) in [6.07, 6.45) is -3.06. The van der Waals surface area contributed by atoms with Gasteiger partial charge in [0.05, 0.1) is 12.0 Å². The molecule has 0 bridgehead atoms. The van der Waals surface area contributed by atoms with Crippen LogP contribution in [0.2, 0.25) is 0 Å². The van der Waals surface area contributed by atoms with E-state index in [1.165, 1.54) is 12.1 Å². The van der Waals surface area contributed by atoms with Gasteiger partial charge in [0.25, 0.3) is 0 Å². The van der Waals surface area contributed by atoms with E-state index in [1.807, 2.05) is 13.8 Å². The van der Waals surface area contributed by atoms with E-state index in [-0.39, 0.29) is 12.3 Å². The number of benzene rings is 1. The Balaban J connectivity index is 2.64. The molecule has 0 saturated carbocycles. The monoisotopic (exact) mass is 302 g/mol. The standard InChI is InChI=1S/C15H21F3N2O/c1-3-14(19,4-2)10-20-13(21)9-11-6-5-7-12(8-11)15(16,17)18/h5-8H,3-4,9-10,19H2,1-2H3,(H,20,21). The van der Waals surface area contributed by atoms with Gasteiger partial charge in [-0.15, -0.1) is 0 Å². The fourth-order valence-corrected chi connectivity index (χ4v) is 1.88. The first kappa shape index (κ1) is 17.5. The van der Waals surface area contributed by atoms with Crippen LogP contribution in [0.15, 0.2) is 24.3 Å². The fourth-order valence-electron chi connectivity index (χ4n) is 1.88. The normalized spacial score (nSPS) is 12.3. The molecule has 0 heterocycles. The van der Waals surface area contributed by atoms with Gasteiger partial charge < -0.3 is 11.1 Å². The number of hydrogen-bond acceptors (Lipinski definition) is 2. The third kappa shape index (κ3) is 5.38. The van der Waals surface area contributed by atoms with Crippen LogP contribution in [-0.2, 0) is 17.4 Å². The van der Waals surface area contributed by atoms with Gasteiger partial charge in [0.1, 0.15) is 0 Å². The van der Waals surface area contributed by atoms with E-state index < -0.39 is 17.3 Å². The lowest BCUT2D eigenvalue weighted by Crippen LogP contribution is -2.49. The zero-order chi connectivity index (χ0) is 16.1. The molecule has 0 atom stereocenters. The second-order valence-electron chi connectivity index (χ2n) is 5.22. The van der Waals surface area contributed by atoms with Gasteiger partial charge in [-0.2, -0.15) is 13.2 Å². The minimum Gasteiger partial charge on any atom is -0.354 e. The maximum atomic E-state index is 12.6. The smallest absolute Gasteiger partial charge is 0.354 e. The molecule has 0 aromatic heterocycles. The third-order valence-corrected chi connectivity index (χ3v) is 3.66. The number of nitrogens with one attached hydrogen (secondary N) is 1. The van der Waals surface area contributed by atoms with E-state index in [4.69, 9.17) is 5.73 Å². The van der Waals surface area contributed by atoms with Crippen molar-refractivity contribution in [1.29, 1.82) is 0 Å². The van der Waals surface area contributed by atoms with E-state index in [0.717, 1.165) is 12.1 Å². The van der Waals surface area contributed by atoms with Gasteiger partial charge in [-0.1, -0.05) is 32.0 Å². The van der Waals surface area contributed by atoms with Crippen LogP contribution in [0.25, 0.3) is 0 Å². The quantitative estimate of drug-likeness (QED) is 0.849. The minimum atomic E-state index is -4.40. The van der Waals surface area contributed by atoms with Crippen LogP contribution in [0, 0.1) is 0 Å². The molecule has 0 aliphatic rings. The molecular formula is C15H21F3N2O. The molecule has 3 N–H and O–H groups in total. The van der Waals surface area contributed by atoms with Gasteiger partial charge in [0, 0.05) is 12.1 Å². The number of rotatable bonds is 6. The molecule has 1 amide bonds. The van der Waals surface area contributed by atoms with E-state index in [1.54, 1.807) is 0 Å². The van der Waals surface area contributed by atoms with Crippen LogP contribution in [0.3, 0.4) is 0 Å². The molecule has 118 valence electrons. The van der Waals surface area contributed by atoms with E-state index in [2.05, 4.69) is 5.32 Å². The lowest BCUT2D eigenvalue weighted by atomic mass is 9.94. The minimum absolute atomic E-state index is 0.0899. The fraction of sp³-hybridized carbons (Fsp3) is 0.533. The van der Waals surface area contributed by atoms with Gasteiger partial charge in [-0.25, -0.2) is 0 Å². The molecule has 1 rings (SSSR count). The molecule has 3 nitrogen and oxygen atoms in total. The Morgan fingerprint density at radius 1 is 1.24 bits per heavy atom. The Morgan fingerprint density at radius 3 is 2.38 bits per heavy atom. The molecule has 0 aliphatic heterocycles. The van der Waals surface area contributed by atoms with Crippen LogP contribution >= 0.6 is 0 Å². The predicted molar refractivity (Wildman–Crippen MR) is 75.7 cm³/mol. The molecule has 0 saturated heterocycles. The van der Waals surface area contributed by atoms with Crippen LogP contribution < -0.4 is 11.1 Å². The van der Waals surface area contributed by atoms with Gasteiger partial charge in [0.15, 0.2) is 0 Å². The molecule has 0 aliphatic carbocycles. The number of amides is 1. The number of nitrogens with two attached hydrogens (primary N) is 1. The summed E-state index contributed by atoms with van der Waals surface area (Å²) in [5.74, 6) is -0.328. The van der Waals surface area contributed by atoms with E-state index >= 15 is 0 Å². The van der Waals surface area contributed by atoms with Crippen molar-refractivity contribution in [3.05, 3.63) is 35.4 Å². The maximum absolute atomic E-state index is 12.6. The van der Waals surface area contributed by atoms with Crippen molar-refractivity contribution in [3.8, 4) is 0 Å². The number of alkyl halides is 3. The topological polar surface area (TPSA) is 55.1 Å². The van der Waals surface area contributed by atoms with Gasteiger partial charge in [-0.05, 0) is 24.5 Å². The summed E-state index contributed by atoms with van der Waals surface area (Å²) in [5, 5.41) is 2.69. The van der Waals surface area contributed by atoms with Crippen LogP contribution in [0.5, 0.6) is 0 Å². The summed E-state index contributed by atoms with van der Waals surface area (Å²) in [6, 6.07) is 4.79. The molecule has 6 heteroatoms. The number of carbonyl (C=O) groups is 1. The Bertz CT molecular complexity index is 482. The highest BCUT2D eigenvalue weighted by atomic mass is 19.4. The summed E-state index contributed by atoms with van der Waals surface area (Å²) in [6.45, 7) is 4.18. The van der Waals surface area contributed by atoms with Crippen LogP contribution in [-0.4, -0.2) is 18.0 Å². The number of carbonyl (C=O) groups excluding carboxylic acids is 1. The summed E-state index contributed by atoms with van der Waals surface area (Å²) < 4.78 is 37.8. The highest BCUT2D eigenvalue weighted by Gasteiger charge is 2.30. The Labute approximate surface area is 122 Å². The molecular weight excluding hydrogens is 281 g/mol. The number of hydrogen-bond donors (Lipinski definition) is 2. The summed E-state index contributed by atoms with van der Waals surface area (Å²) in [4.78, 5) is 11.8. The van der Waals surface area contributed by atoms with Crippen LogP contribution in [0.4, 0.5) is 13.2 Å². The van der Waals surface area contributed by atoms with Crippen molar-refractivity contribution in [1.82, 2.24) is 5.32 Å². The lowest BCUT2D eigenvalue weighted by molar-refractivity contribution is -0.137. The molecule has 0 fully saturated rings. The second-order valence-corrected chi connectivity index (χ2v) is 5.22. The first-order valence-electron chi connectivity index (χ1n) is 6.92. The molecule has 21 heavy (non-hydrogen) atoms. The third-order valence-electron chi connectivity index (χ3n) is 3.66. The highest BCUT2D eigenvalue weighted by Crippen LogP contribution is 2.29. The van der Waals surface area contributed by atoms with Crippen molar-refractivity contribution in [2.45, 2.75) is 44.8 Å². The molecule has 0 unspecified atom stereocenters. The van der Waals surface area contributed by atoms with E-state index in [9.17, 15) is 18.0 Å². The van der Waals surface area contributed by atoms with Crippen molar-refractivity contribution in [2.75, 3.05) is 6.54 Å². The average Bonchev–Trinajstić information content (AvgIpc) is 2.44. The Kier molecular flexibility index (Phi) is 5.78. The molecule has 1 aromatic carbocycles. The lowest BCUT2D eigenvalue weighted by Gasteiger charge is -2.26. The number of halogens is 3. The Morgan fingerprint density at radius 2 is 1.86 bits per heavy atom. The first-order chi connectivity index (χ1) is 9.70. The van der Waals surface area contributed by atoms with Crippen LogP contribution in [0.1, 0.15) is 37.8 Å². The van der Waals surface area contributed by atoms with Crippen molar-refractivity contribution < 1.29 is 18.0 Å². The predicted octanol–water partition coefficient (Wildman–Crippen LogP) is 2.88. The van der Waals surface area contributed by atoms with Crippen molar-refractivity contribution >= 4 is 5.91 Å². The highest BCUT2D eigenvalue weighted by molar-refractivity contribution is 5.78. The second kappa shape index (κ2) is 6.93. The summed E-state index contributed by atoms with van der Waals surface area (Å²) >= 11 is 0. The SMILES string of the molecule is CCC(N)(CC)CNC(=O)Cc1cccc(C(F)(F)F)c1. The Hall–Kier alpha value is -1.56. The first-order valence-corrected chi connectivity index (χ1v) is 6.92. The van der Waals surface area contributed by atoms with Crippen molar-refractivity contribution in [2.24, 2.45) is 5.73 Å². The van der Waals surface area contributed by atoms with Crippen molar-refractivity contribution in [3.63, 3.8) is 0 Å². The molecule has 0 radical (unpaired) electrons. The molecule has 0 spiro atoms. The maximum Gasteiger partial charge on any atom is 0.416 e. The summed E-state index contributed by atoms with van der Waals surface area (Å²) in [5.41, 5.74) is 5.17. The molecule has 1 aromatic rings. The largest absolute Gasteiger partial charge is 0.416 e. The zero-order valence-corrected chi connectivity index (χ0v) is 12.3. The van der Waals surface area contributed by atoms with Gasteiger partial charge in [-0.3, -0.25) is 4.79 Å². The average molecular weight is 302 g/mol.